The molecule has 0 spiro atoms. The Bertz CT molecular complexity index is 1410. The Morgan fingerprint density at radius 1 is 0.969 bits per heavy atom. The second-order valence-corrected chi connectivity index (χ2v) is 8.86. The number of hydrogen-bond donors (Lipinski definition) is 3. The molecule has 4 N–H and O–H groups in total. The Balaban J connectivity index is 1.90. The van der Waals surface area contributed by atoms with Crippen LogP contribution in [0.15, 0.2) is 59.5 Å². The molecule has 0 fully saturated rings. The van der Waals surface area contributed by atoms with Crippen LogP contribution in [0.3, 0.4) is 0 Å². The Morgan fingerprint density at radius 2 is 1.53 bits per heavy atom. The van der Waals surface area contributed by atoms with Gasteiger partial charge in [0.1, 0.15) is 10.7 Å². The van der Waals surface area contributed by atoms with Gasteiger partial charge in [-0.2, -0.15) is 8.42 Å². The van der Waals surface area contributed by atoms with Crippen LogP contribution in [-0.4, -0.2) is 30.3 Å². The maximum absolute atomic E-state index is 13.3. The number of fused-ring (bicyclic) bond motifs is 2. The van der Waals surface area contributed by atoms with E-state index >= 15 is 0 Å². The van der Waals surface area contributed by atoms with Gasteiger partial charge in [-0.05, 0) is 30.7 Å². The smallest absolute Gasteiger partial charge is 0.296 e. The molecule has 3 aromatic carbocycles. The molecule has 8 nitrogen and oxygen atoms in total. The van der Waals surface area contributed by atoms with Crippen LogP contribution >= 0.6 is 0 Å². The van der Waals surface area contributed by atoms with E-state index in [1.165, 1.54) is 19.1 Å². The van der Waals surface area contributed by atoms with Crippen molar-refractivity contribution in [3.05, 3.63) is 82.4 Å². The van der Waals surface area contributed by atoms with Gasteiger partial charge >= 0.3 is 0 Å². The molecule has 0 atom stereocenters. The van der Waals surface area contributed by atoms with Crippen molar-refractivity contribution < 1.29 is 27.4 Å². The van der Waals surface area contributed by atoms with Crippen molar-refractivity contribution >= 4 is 44.5 Å². The maximum atomic E-state index is 13.3. The van der Waals surface area contributed by atoms with Crippen LogP contribution in [-0.2, 0) is 21.3 Å². The third-order valence-corrected chi connectivity index (χ3v) is 6.06. The maximum Gasteiger partial charge on any atom is 0.296 e. The molecule has 3 aromatic rings. The molecule has 1 aliphatic carbocycles. The van der Waals surface area contributed by atoms with Gasteiger partial charge in [-0.25, -0.2) is 0 Å². The zero-order valence-electron chi connectivity index (χ0n) is 16.9. The standard InChI is InChI=1S/C23H18N2O6S/c1-12(26)10-13-6-8-14(9-7-13)25-17-11-18(32(29,30)31)21(24)20-19(17)22(27)15-4-2-3-5-16(15)23(20)28/h2-9,11,25H,10,24H2,1H3,(H,29,30,31). The Hall–Kier alpha value is -3.82. The average Bonchev–Trinajstić information content (AvgIpc) is 2.73. The Kier molecular flexibility index (Phi) is 5.15. The van der Waals surface area contributed by atoms with Crippen molar-refractivity contribution in [1.82, 2.24) is 0 Å². The van der Waals surface area contributed by atoms with E-state index in [1.807, 2.05) is 0 Å². The van der Waals surface area contributed by atoms with Crippen LogP contribution in [0.2, 0.25) is 0 Å². The minimum Gasteiger partial charge on any atom is -0.397 e. The zero-order valence-corrected chi connectivity index (χ0v) is 17.7. The number of nitrogen functional groups attached to an aromatic ring is 1. The highest BCUT2D eigenvalue weighted by molar-refractivity contribution is 7.86. The van der Waals surface area contributed by atoms with Crippen LogP contribution in [0, 0.1) is 0 Å². The number of hydrogen-bond acceptors (Lipinski definition) is 7. The Morgan fingerprint density at radius 3 is 2.06 bits per heavy atom. The molecule has 1 aliphatic rings. The van der Waals surface area contributed by atoms with Gasteiger partial charge in [0, 0.05) is 23.2 Å². The minimum absolute atomic E-state index is 0.00104. The molecule has 32 heavy (non-hydrogen) atoms. The first-order valence-corrected chi connectivity index (χ1v) is 11.0. The van der Waals surface area contributed by atoms with Gasteiger partial charge in [0.2, 0.25) is 0 Å². The summed E-state index contributed by atoms with van der Waals surface area (Å²) in [5.74, 6) is -1.11. The summed E-state index contributed by atoms with van der Waals surface area (Å²) in [5, 5.41) is 2.94. The normalized spacial score (nSPS) is 12.8. The fourth-order valence-electron chi connectivity index (χ4n) is 3.75. The largest absolute Gasteiger partial charge is 0.397 e. The number of nitrogens with two attached hydrogens (primary N) is 1. The molecule has 0 aliphatic heterocycles. The SMILES string of the molecule is CC(=O)Cc1ccc(Nc2cc(S(=O)(=O)O)c(N)c3c2C(=O)c2ccccc2C3=O)cc1. The lowest BCUT2D eigenvalue weighted by Gasteiger charge is -2.23. The predicted molar refractivity (Wildman–Crippen MR) is 118 cm³/mol. The highest BCUT2D eigenvalue weighted by Gasteiger charge is 2.36. The van der Waals surface area contributed by atoms with Gasteiger partial charge in [-0.15, -0.1) is 0 Å². The van der Waals surface area contributed by atoms with E-state index in [0.29, 0.717) is 5.69 Å². The third kappa shape index (κ3) is 3.68. The van der Waals surface area contributed by atoms with Crippen LogP contribution < -0.4 is 11.1 Å². The monoisotopic (exact) mass is 450 g/mol. The predicted octanol–water partition coefficient (Wildman–Crippen LogP) is 3.17. The molecule has 0 saturated carbocycles. The molecule has 0 aromatic heterocycles. The van der Waals surface area contributed by atoms with Gasteiger partial charge in [-0.1, -0.05) is 36.4 Å². The second kappa shape index (κ2) is 7.70. The van der Waals surface area contributed by atoms with E-state index in [4.69, 9.17) is 5.73 Å². The first-order valence-electron chi connectivity index (χ1n) is 9.55. The number of nitrogens with one attached hydrogen (secondary N) is 1. The first kappa shape index (κ1) is 21.4. The van der Waals surface area contributed by atoms with E-state index in [-0.39, 0.29) is 40.1 Å². The molecule has 162 valence electrons. The van der Waals surface area contributed by atoms with Crippen molar-refractivity contribution in [2.24, 2.45) is 0 Å². The number of carbonyl (C=O) groups is 3. The van der Waals surface area contributed by atoms with Gasteiger partial charge < -0.3 is 11.1 Å². The van der Waals surface area contributed by atoms with Crippen molar-refractivity contribution in [3.63, 3.8) is 0 Å². The fraction of sp³-hybridized carbons (Fsp3) is 0.0870. The number of Topliss-reactive ketones (excluding diaryl/α,β-unsaturated/α-hetero) is 1. The fourth-order valence-corrected chi connectivity index (χ4v) is 4.40. The topological polar surface area (TPSA) is 144 Å². The van der Waals surface area contributed by atoms with E-state index in [9.17, 15) is 27.4 Å². The Labute approximate surface area is 183 Å². The molecule has 0 bridgehead atoms. The summed E-state index contributed by atoms with van der Waals surface area (Å²) >= 11 is 0. The quantitative estimate of drug-likeness (QED) is 0.311. The van der Waals surface area contributed by atoms with E-state index in [1.54, 1.807) is 36.4 Å². The summed E-state index contributed by atoms with van der Waals surface area (Å²) < 4.78 is 33.6. The molecule has 4 rings (SSSR count). The van der Waals surface area contributed by atoms with Crippen LogP contribution in [0.1, 0.15) is 44.3 Å². The highest BCUT2D eigenvalue weighted by Crippen LogP contribution is 2.40. The van der Waals surface area contributed by atoms with Gasteiger partial charge in [0.25, 0.3) is 10.1 Å². The summed E-state index contributed by atoms with van der Waals surface area (Å²) in [5.41, 5.74) is 6.65. The lowest BCUT2D eigenvalue weighted by atomic mass is 9.82. The van der Waals surface area contributed by atoms with E-state index < -0.39 is 32.3 Å². The van der Waals surface area contributed by atoms with Crippen molar-refractivity contribution in [3.8, 4) is 0 Å². The summed E-state index contributed by atoms with van der Waals surface area (Å²) in [7, 11) is -4.79. The first-order chi connectivity index (χ1) is 15.1. The van der Waals surface area contributed by atoms with Crippen molar-refractivity contribution in [2.45, 2.75) is 18.2 Å². The van der Waals surface area contributed by atoms with Crippen LogP contribution in [0.5, 0.6) is 0 Å². The van der Waals surface area contributed by atoms with Gasteiger partial charge in [-0.3, -0.25) is 18.9 Å². The van der Waals surface area contributed by atoms with Crippen molar-refractivity contribution in [1.29, 1.82) is 0 Å². The van der Waals surface area contributed by atoms with Crippen molar-refractivity contribution in [2.75, 3.05) is 11.1 Å². The molecule has 0 radical (unpaired) electrons. The lowest BCUT2D eigenvalue weighted by Crippen LogP contribution is -2.25. The molecule has 9 heteroatoms. The second-order valence-electron chi connectivity index (χ2n) is 7.47. The summed E-state index contributed by atoms with van der Waals surface area (Å²) in [6, 6.07) is 13.9. The zero-order chi connectivity index (χ0) is 23.2. The highest BCUT2D eigenvalue weighted by atomic mass is 32.2. The number of carbonyl (C=O) groups excluding carboxylic acids is 3. The third-order valence-electron chi connectivity index (χ3n) is 5.16. The molecule has 0 saturated heterocycles. The van der Waals surface area contributed by atoms with Crippen LogP contribution in [0.4, 0.5) is 17.1 Å². The molecule has 0 unspecified atom stereocenters. The molecule has 0 amide bonds. The molecular weight excluding hydrogens is 432 g/mol. The number of benzene rings is 3. The molecule has 0 heterocycles. The van der Waals surface area contributed by atoms with Gasteiger partial charge in [0.15, 0.2) is 11.6 Å². The lowest BCUT2D eigenvalue weighted by molar-refractivity contribution is -0.116. The van der Waals surface area contributed by atoms with E-state index in [0.717, 1.165) is 11.6 Å². The van der Waals surface area contributed by atoms with Gasteiger partial charge in [0.05, 0.1) is 22.5 Å². The number of ketones is 3. The summed E-state index contributed by atoms with van der Waals surface area (Å²) in [6.45, 7) is 1.48. The van der Waals surface area contributed by atoms with E-state index in [2.05, 4.69) is 5.32 Å². The summed E-state index contributed by atoms with van der Waals surface area (Å²) in [6.07, 6.45) is 0.258. The average molecular weight is 450 g/mol. The van der Waals surface area contributed by atoms with Crippen LogP contribution in [0.25, 0.3) is 0 Å². The molecular formula is C23H18N2O6S. The summed E-state index contributed by atoms with van der Waals surface area (Å²) in [4.78, 5) is 37.0. The number of anilines is 3. The minimum atomic E-state index is -4.79. The number of rotatable bonds is 5.